The molecule has 5 heteroatoms. The van der Waals surface area contributed by atoms with Crippen molar-refractivity contribution >= 4 is 13.3 Å². The molecule has 0 unspecified atom stereocenters. The average molecular weight is 305 g/mol. The van der Waals surface area contributed by atoms with E-state index in [1.54, 1.807) is 18.2 Å². The third-order valence-electron chi connectivity index (χ3n) is 3.33. The van der Waals surface area contributed by atoms with E-state index in [1.165, 1.54) is 0 Å². The number of nitrogens with one attached hydrogen (secondary N) is 1. The minimum atomic E-state index is -4.32. The van der Waals surface area contributed by atoms with Crippen molar-refractivity contribution in [2.45, 2.75) is 26.1 Å². The molecule has 2 aromatic carbocycles. The van der Waals surface area contributed by atoms with Crippen LogP contribution in [0.3, 0.4) is 0 Å². The van der Waals surface area contributed by atoms with E-state index in [4.69, 9.17) is 0 Å². The highest BCUT2D eigenvalue weighted by molar-refractivity contribution is 7.52. The first-order valence-corrected chi connectivity index (χ1v) is 8.55. The highest BCUT2D eigenvalue weighted by Crippen LogP contribution is 2.51. The third-order valence-corrected chi connectivity index (χ3v) is 4.43. The standard InChI is InChI=1S/C16H20NO3P/c1-3-13-7-5-9-15(11-13)17-16(21(18,19)20)14-8-4-6-12(2)10-14/h4-11,16-17H,3H2,1-2H3,(H2,18,19,20)/t16-/m1/s1. The molecule has 0 amide bonds. The van der Waals surface area contributed by atoms with Gasteiger partial charge < -0.3 is 15.1 Å². The van der Waals surface area contributed by atoms with Gasteiger partial charge >= 0.3 is 7.60 Å². The minimum absolute atomic E-state index is 0.588. The molecule has 0 aliphatic rings. The van der Waals surface area contributed by atoms with Gasteiger partial charge in [0.15, 0.2) is 5.78 Å². The van der Waals surface area contributed by atoms with Gasteiger partial charge in [-0.2, -0.15) is 0 Å². The summed E-state index contributed by atoms with van der Waals surface area (Å²) >= 11 is 0. The van der Waals surface area contributed by atoms with Crippen molar-refractivity contribution in [1.82, 2.24) is 0 Å². The predicted molar refractivity (Wildman–Crippen MR) is 85.4 cm³/mol. The van der Waals surface area contributed by atoms with Crippen LogP contribution in [-0.2, 0) is 11.0 Å². The molecule has 0 saturated carbocycles. The SMILES string of the molecule is CCc1cccc(N[C@@H](c2cccc(C)c2)P(=O)(O)O)c1. The van der Waals surface area contributed by atoms with E-state index in [1.807, 2.05) is 44.2 Å². The topological polar surface area (TPSA) is 69.6 Å². The molecule has 0 saturated heterocycles. The summed E-state index contributed by atoms with van der Waals surface area (Å²) in [6, 6.07) is 14.8. The van der Waals surface area contributed by atoms with E-state index in [2.05, 4.69) is 5.32 Å². The van der Waals surface area contributed by atoms with E-state index >= 15 is 0 Å². The van der Waals surface area contributed by atoms with Crippen LogP contribution in [0.25, 0.3) is 0 Å². The zero-order valence-corrected chi connectivity index (χ0v) is 13.0. The Kier molecular flexibility index (Phi) is 4.84. The molecule has 0 radical (unpaired) electrons. The lowest BCUT2D eigenvalue weighted by Gasteiger charge is -2.22. The smallest absolute Gasteiger partial charge is 0.352 e. The van der Waals surface area contributed by atoms with Gasteiger partial charge in [-0.15, -0.1) is 0 Å². The lowest BCUT2D eigenvalue weighted by Crippen LogP contribution is -2.11. The Labute approximate surface area is 125 Å². The molecular weight excluding hydrogens is 285 g/mol. The predicted octanol–water partition coefficient (Wildman–Crippen LogP) is 3.85. The summed E-state index contributed by atoms with van der Waals surface area (Å²) in [7, 11) is -4.32. The molecule has 0 aromatic heterocycles. The van der Waals surface area contributed by atoms with Crippen LogP contribution in [-0.4, -0.2) is 9.79 Å². The van der Waals surface area contributed by atoms with E-state index in [0.717, 1.165) is 17.5 Å². The van der Waals surface area contributed by atoms with Gasteiger partial charge in [0.2, 0.25) is 0 Å². The monoisotopic (exact) mass is 305 g/mol. The van der Waals surface area contributed by atoms with Crippen molar-refractivity contribution in [3.8, 4) is 0 Å². The maximum absolute atomic E-state index is 11.8. The van der Waals surface area contributed by atoms with Gasteiger partial charge in [0.1, 0.15) is 0 Å². The summed E-state index contributed by atoms with van der Waals surface area (Å²) in [6.45, 7) is 3.94. The van der Waals surface area contributed by atoms with Crippen molar-refractivity contribution in [3.05, 3.63) is 65.2 Å². The summed E-state index contributed by atoms with van der Waals surface area (Å²) in [5.41, 5.74) is 3.39. The van der Waals surface area contributed by atoms with Crippen LogP contribution in [0.15, 0.2) is 48.5 Å². The van der Waals surface area contributed by atoms with E-state index in [-0.39, 0.29) is 0 Å². The molecule has 0 heterocycles. The largest absolute Gasteiger partial charge is 0.368 e. The molecule has 1 atom stereocenters. The highest BCUT2D eigenvalue weighted by atomic mass is 31.2. The molecule has 0 aliphatic heterocycles. The Balaban J connectivity index is 2.35. The summed E-state index contributed by atoms with van der Waals surface area (Å²) in [5.74, 6) is -1.04. The second kappa shape index (κ2) is 6.44. The Hall–Kier alpha value is -1.61. The average Bonchev–Trinajstić information content (AvgIpc) is 2.44. The van der Waals surface area contributed by atoms with Crippen molar-refractivity contribution in [3.63, 3.8) is 0 Å². The lowest BCUT2D eigenvalue weighted by molar-refractivity contribution is 0.363. The van der Waals surface area contributed by atoms with Gasteiger partial charge in [0.05, 0.1) is 0 Å². The fraction of sp³-hybridized carbons (Fsp3) is 0.250. The number of benzene rings is 2. The minimum Gasteiger partial charge on any atom is -0.368 e. The van der Waals surface area contributed by atoms with E-state index < -0.39 is 13.4 Å². The first-order chi connectivity index (χ1) is 9.90. The van der Waals surface area contributed by atoms with Crippen LogP contribution in [0.4, 0.5) is 5.69 Å². The summed E-state index contributed by atoms with van der Waals surface area (Å²) in [5, 5.41) is 2.97. The van der Waals surface area contributed by atoms with Crippen LogP contribution in [0.5, 0.6) is 0 Å². The van der Waals surface area contributed by atoms with Gasteiger partial charge in [-0.05, 0) is 36.6 Å². The number of rotatable bonds is 5. The van der Waals surface area contributed by atoms with Crippen molar-refractivity contribution in [2.24, 2.45) is 0 Å². The molecule has 4 nitrogen and oxygen atoms in total. The maximum atomic E-state index is 11.8. The van der Waals surface area contributed by atoms with Crippen LogP contribution in [0.1, 0.15) is 29.4 Å². The fourth-order valence-corrected chi connectivity index (χ4v) is 3.11. The van der Waals surface area contributed by atoms with Crippen LogP contribution in [0.2, 0.25) is 0 Å². The quantitative estimate of drug-likeness (QED) is 0.734. The first kappa shape index (κ1) is 15.8. The first-order valence-electron chi connectivity index (χ1n) is 6.87. The third kappa shape index (κ3) is 4.18. The van der Waals surface area contributed by atoms with Gasteiger partial charge in [0, 0.05) is 5.69 Å². The van der Waals surface area contributed by atoms with Gasteiger partial charge in [0.25, 0.3) is 0 Å². The maximum Gasteiger partial charge on any atom is 0.352 e. The zero-order valence-electron chi connectivity index (χ0n) is 12.2. The van der Waals surface area contributed by atoms with Crippen molar-refractivity contribution < 1.29 is 14.4 Å². The van der Waals surface area contributed by atoms with Crippen molar-refractivity contribution in [2.75, 3.05) is 5.32 Å². The van der Waals surface area contributed by atoms with Gasteiger partial charge in [-0.1, -0.05) is 48.9 Å². The molecular formula is C16H20NO3P. The molecule has 0 spiro atoms. The molecule has 2 aromatic rings. The highest BCUT2D eigenvalue weighted by Gasteiger charge is 2.30. The molecule has 21 heavy (non-hydrogen) atoms. The van der Waals surface area contributed by atoms with E-state index in [0.29, 0.717) is 11.3 Å². The Morgan fingerprint density at radius 3 is 2.48 bits per heavy atom. The summed E-state index contributed by atoms with van der Waals surface area (Å²) in [4.78, 5) is 19.3. The molecule has 3 N–H and O–H groups in total. The Morgan fingerprint density at radius 1 is 1.14 bits per heavy atom. The molecule has 0 aliphatic carbocycles. The number of anilines is 1. The molecule has 112 valence electrons. The van der Waals surface area contributed by atoms with Gasteiger partial charge in [-0.25, -0.2) is 0 Å². The second-order valence-electron chi connectivity index (χ2n) is 5.10. The van der Waals surface area contributed by atoms with Gasteiger partial charge in [-0.3, -0.25) is 4.57 Å². The van der Waals surface area contributed by atoms with Crippen LogP contribution >= 0.6 is 7.60 Å². The number of hydrogen-bond acceptors (Lipinski definition) is 2. The van der Waals surface area contributed by atoms with E-state index in [9.17, 15) is 14.4 Å². The summed E-state index contributed by atoms with van der Waals surface area (Å²) < 4.78 is 11.8. The normalized spacial score (nSPS) is 13.0. The van der Waals surface area contributed by atoms with Crippen molar-refractivity contribution in [1.29, 1.82) is 0 Å². The fourth-order valence-electron chi connectivity index (χ4n) is 2.24. The Morgan fingerprint density at radius 2 is 1.86 bits per heavy atom. The molecule has 0 bridgehead atoms. The number of aryl methyl sites for hydroxylation is 2. The van der Waals surface area contributed by atoms with Crippen LogP contribution < -0.4 is 5.32 Å². The summed E-state index contributed by atoms with van der Waals surface area (Å²) in [6.07, 6.45) is 0.876. The molecule has 2 rings (SSSR count). The lowest BCUT2D eigenvalue weighted by atomic mass is 10.1. The zero-order chi connectivity index (χ0) is 15.5. The second-order valence-corrected chi connectivity index (χ2v) is 6.80. The van der Waals surface area contributed by atoms with Crippen LogP contribution in [0, 0.1) is 6.92 Å². The Bertz CT molecular complexity index is 666. The number of hydrogen-bond donors (Lipinski definition) is 3. The molecule has 0 fully saturated rings.